The first-order chi connectivity index (χ1) is 16.2. The van der Waals surface area contributed by atoms with Gasteiger partial charge in [0.15, 0.2) is 5.79 Å². The third-order valence-corrected chi connectivity index (χ3v) is 12.8. The molecule has 0 aromatic heterocycles. The number of benzene rings is 2. The summed E-state index contributed by atoms with van der Waals surface area (Å²) in [5.41, 5.74) is 0. The summed E-state index contributed by atoms with van der Waals surface area (Å²) < 4.78 is 20.5. The van der Waals surface area contributed by atoms with Crippen LogP contribution in [-0.2, 0) is 18.7 Å². The van der Waals surface area contributed by atoms with Gasteiger partial charge < -0.3 is 18.7 Å². The number of ether oxygens (including phenoxy) is 2. The molecule has 5 atom stereocenters. The predicted octanol–water partition coefficient (Wildman–Crippen LogP) is 5.23. The van der Waals surface area contributed by atoms with E-state index >= 15 is 0 Å². The third kappa shape index (κ3) is 4.94. The van der Waals surface area contributed by atoms with E-state index in [-0.39, 0.29) is 23.4 Å². The fourth-order valence-corrected chi connectivity index (χ4v) is 10.5. The van der Waals surface area contributed by atoms with E-state index in [0.717, 1.165) is 19.1 Å². The van der Waals surface area contributed by atoms with Gasteiger partial charge in [-0.2, -0.15) is 0 Å². The van der Waals surface area contributed by atoms with Gasteiger partial charge in [0.1, 0.15) is 6.29 Å². The van der Waals surface area contributed by atoms with E-state index in [9.17, 15) is 4.79 Å². The molecule has 2 aliphatic heterocycles. The lowest BCUT2D eigenvalue weighted by atomic mass is 9.87. The van der Waals surface area contributed by atoms with Crippen LogP contribution in [0.4, 0.5) is 0 Å². The molecule has 2 aromatic carbocycles. The Morgan fingerprint density at radius 3 is 2.09 bits per heavy atom. The highest BCUT2D eigenvalue weighted by molar-refractivity contribution is 6.99. The van der Waals surface area contributed by atoms with Crippen LogP contribution in [0.15, 0.2) is 60.7 Å². The van der Waals surface area contributed by atoms with Crippen LogP contribution in [-0.4, -0.2) is 38.7 Å². The van der Waals surface area contributed by atoms with E-state index in [2.05, 4.69) is 95.3 Å². The second-order valence-electron chi connectivity index (χ2n) is 11.2. The minimum absolute atomic E-state index is 0.0504. The number of rotatable bonds is 6. The maximum absolute atomic E-state index is 11.5. The molecule has 2 heterocycles. The molecule has 0 amide bonds. The van der Waals surface area contributed by atoms with Gasteiger partial charge in [-0.05, 0) is 41.1 Å². The van der Waals surface area contributed by atoms with Crippen LogP contribution in [0.3, 0.4) is 0 Å². The first kappa shape index (κ1) is 25.3. The Balaban J connectivity index is 1.76. The molecule has 0 saturated carbocycles. The molecule has 2 saturated heterocycles. The molecule has 2 aliphatic rings. The Kier molecular flexibility index (Phi) is 7.49. The average molecular weight is 481 g/mol. The highest BCUT2D eigenvalue weighted by Crippen LogP contribution is 2.45. The second-order valence-corrected chi connectivity index (χ2v) is 15.5. The number of hydrogen-bond acceptors (Lipinski definition) is 4. The molecule has 184 valence electrons. The maximum Gasteiger partial charge on any atom is 0.261 e. The highest BCUT2D eigenvalue weighted by atomic mass is 28.4. The van der Waals surface area contributed by atoms with Gasteiger partial charge in [-0.25, -0.2) is 0 Å². The predicted molar refractivity (Wildman–Crippen MR) is 139 cm³/mol. The van der Waals surface area contributed by atoms with Crippen LogP contribution in [0.5, 0.6) is 0 Å². The van der Waals surface area contributed by atoms with Crippen molar-refractivity contribution in [2.45, 2.75) is 95.9 Å². The molecule has 0 unspecified atom stereocenters. The van der Waals surface area contributed by atoms with E-state index in [4.69, 9.17) is 13.9 Å². The summed E-state index contributed by atoms with van der Waals surface area (Å²) in [6.45, 7) is 11.3. The highest BCUT2D eigenvalue weighted by Gasteiger charge is 2.54. The summed E-state index contributed by atoms with van der Waals surface area (Å²) in [4.78, 5) is 11.5. The largest absolute Gasteiger partial charge is 0.404 e. The molecular formula is C29H40O4Si. The topological polar surface area (TPSA) is 44.8 Å². The lowest BCUT2D eigenvalue weighted by molar-refractivity contribution is -0.330. The molecule has 5 heteroatoms. The molecule has 1 spiro atoms. The van der Waals surface area contributed by atoms with Gasteiger partial charge in [-0.1, -0.05) is 88.4 Å². The van der Waals surface area contributed by atoms with Crippen molar-refractivity contribution in [1.82, 2.24) is 0 Å². The van der Waals surface area contributed by atoms with Gasteiger partial charge >= 0.3 is 0 Å². The molecule has 0 radical (unpaired) electrons. The lowest BCUT2D eigenvalue weighted by Gasteiger charge is -2.52. The second kappa shape index (κ2) is 10.1. The van der Waals surface area contributed by atoms with E-state index < -0.39 is 14.1 Å². The van der Waals surface area contributed by atoms with Gasteiger partial charge in [0.2, 0.25) is 0 Å². The number of carbonyl (C=O) groups is 1. The Hall–Kier alpha value is -1.79. The van der Waals surface area contributed by atoms with Crippen LogP contribution in [0.1, 0.15) is 66.7 Å². The van der Waals surface area contributed by atoms with E-state index in [1.54, 1.807) is 0 Å². The number of aldehydes is 1. The summed E-state index contributed by atoms with van der Waals surface area (Å²) in [6.07, 6.45) is 4.53. The van der Waals surface area contributed by atoms with Gasteiger partial charge in [-0.3, -0.25) is 0 Å². The van der Waals surface area contributed by atoms with Crippen molar-refractivity contribution in [2.24, 2.45) is 5.92 Å². The Bertz CT molecular complexity index is 902. The first-order valence-corrected chi connectivity index (χ1v) is 14.7. The van der Waals surface area contributed by atoms with Crippen molar-refractivity contribution in [2.75, 3.05) is 0 Å². The van der Waals surface area contributed by atoms with Crippen LogP contribution >= 0.6 is 0 Å². The van der Waals surface area contributed by atoms with Crippen molar-refractivity contribution in [3.63, 3.8) is 0 Å². The normalized spacial score (nSPS) is 30.3. The zero-order chi connectivity index (χ0) is 24.4. The van der Waals surface area contributed by atoms with Crippen molar-refractivity contribution in [1.29, 1.82) is 0 Å². The van der Waals surface area contributed by atoms with Crippen molar-refractivity contribution < 1.29 is 18.7 Å². The molecule has 34 heavy (non-hydrogen) atoms. The van der Waals surface area contributed by atoms with Crippen molar-refractivity contribution in [3.05, 3.63) is 60.7 Å². The molecule has 0 N–H and O–H groups in total. The van der Waals surface area contributed by atoms with E-state index in [1.807, 2.05) is 0 Å². The maximum atomic E-state index is 11.5. The van der Waals surface area contributed by atoms with E-state index in [0.29, 0.717) is 25.2 Å². The quantitative estimate of drug-likeness (QED) is 0.419. The summed E-state index contributed by atoms with van der Waals surface area (Å²) in [6, 6.07) is 21.5. The van der Waals surface area contributed by atoms with Crippen LogP contribution in [0.2, 0.25) is 5.04 Å². The third-order valence-electron chi connectivity index (χ3n) is 7.75. The minimum Gasteiger partial charge on any atom is -0.404 e. The van der Waals surface area contributed by atoms with Crippen LogP contribution < -0.4 is 10.4 Å². The minimum atomic E-state index is -2.70. The molecule has 0 aliphatic carbocycles. The van der Waals surface area contributed by atoms with Gasteiger partial charge in [0, 0.05) is 19.3 Å². The lowest BCUT2D eigenvalue weighted by Crippen LogP contribution is -2.68. The van der Waals surface area contributed by atoms with Crippen LogP contribution in [0, 0.1) is 5.92 Å². The van der Waals surface area contributed by atoms with Gasteiger partial charge in [0.25, 0.3) is 8.32 Å². The molecule has 4 nitrogen and oxygen atoms in total. The van der Waals surface area contributed by atoms with Crippen molar-refractivity contribution in [3.8, 4) is 0 Å². The molecule has 2 aromatic rings. The monoisotopic (exact) mass is 480 g/mol. The molecular weight excluding hydrogens is 440 g/mol. The number of carbonyl (C=O) groups excluding carboxylic acids is 1. The van der Waals surface area contributed by atoms with Crippen molar-refractivity contribution >= 4 is 25.0 Å². The summed E-state index contributed by atoms with van der Waals surface area (Å²) in [7, 11) is -2.70. The zero-order valence-electron chi connectivity index (χ0n) is 21.3. The summed E-state index contributed by atoms with van der Waals surface area (Å²) >= 11 is 0. The first-order valence-electron chi connectivity index (χ1n) is 12.8. The zero-order valence-corrected chi connectivity index (χ0v) is 22.3. The SMILES string of the molecule is C[C@H]1CC[C@]2(C[C@H](O[Si](c3ccccc3)(c3ccccc3)C(C)(C)C)C[C@@H](CC=O)O2)O[C@@H]1C. The summed E-state index contributed by atoms with van der Waals surface area (Å²) in [5.74, 6) is -0.176. The summed E-state index contributed by atoms with van der Waals surface area (Å²) in [5, 5.41) is 2.44. The molecule has 0 bridgehead atoms. The standard InChI is InChI=1S/C29H40O4Si/c1-22-16-18-29(31-23(22)2)21-25(20-24(32-29)17-19-30)33-34(28(3,4)5,26-12-8-6-9-13-26)27-14-10-7-11-15-27/h6-15,19,22-25H,16-18,20-21H2,1-5H3/t22-,23+,24+,25+,29-/m0/s1. The molecule has 4 rings (SSSR count). The Labute approximate surface area is 206 Å². The molecule has 2 fully saturated rings. The Morgan fingerprint density at radius 2 is 1.59 bits per heavy atom. The fourth-order valence-electron chi connectivity index (χ4n) is 5.84. The smallest absolute Gasteiger partial charge is 0.261 e. The van der Waals surface area contributed by atoms with Gasteiger partial charge in [0.05, 0.1) is 18.3 Å². The van der Waals surface area contributed by atoms with Crippen LogP contribution in [0.25, 0.3) is 0 Å². The van der Waals surface area contributed by atoms with E-state index in [1.165, 1.54) is 10.4 Å². The Morgan fingerprint density at radius 1 is 1.00 bits per heavy atom. The number of hydrogen-bond donors (Lipinski definition) is 0. The fraction of sp³-hybridized carbons (Fsp3) is 0.552. The van der Waals surface area contributed by atoms with Gasteiger partial charge in [-0.15, -0.1) is 0 Å². The average Bonchev–Trinajstić information content (AvgIpc) is 2.81.